The number of fused-ring (bicyclic) bond motifs is 1. The quantitative estimate of drug-likeness (QED) is 0.396. The van der Waals surface area contributed by atoms with Crippen molar-refractivity contribution in [2.75, 3.05) is 5.32 Å². The first-order valence-electron chi connectivity index (χ1n) is 8.32. The Bertz CT molecular complexity index is 1210. The van der Waals surface area contributed by atoms with E-state index in [1.807, 2.05) is 17.5 Å². The molecule has 3 aromatic heterocycles. The van der Waals surface area contributed by atoms with E-state index in [-0.39, 0.29) is 11.4 Å². The number of benzene rings is 1. The van der Waals surface area contributed by atoms with Crippen LogP contribution >= 0.6 is 11.3 Å². The Morgan fingerprint density at radius 2 is 2.07 bits per heavy atom. The zero-order valence-electron chi connectivity index (χ0n) is 14.9. The molecule has 0 atom stereocenters. The minimum absolute atomic E-state index is 0.0573. The predicted molar refractivity (Wildman–Crippen MR) is 106 cm³/mol. The molecule has 1 aromatic carbocycles. The summed E-state index contributed by atoms with van der Waals surface area (Å²) in [5, 5.41) is 20.3. The topological polar surface area (TPSA) is 111 Å². The van der Waals surface area contributed by atoms with Crippen molar-refractivity contribution in [3.63, 3.8) is 0 Å². The maximum Gasteiger partial charge on any atom is 0.274 e. The van der Waals surface area contributed by atoms with Gasteiger partial charge in [0.05, 0.1) is 43.4 Å². The third-order valence-corrected chi connectivity index (χ3v) is 5.28. The molecular weight excluding hydrogens is 380 g/mol. The minimum Gasteiger partial charge on any atom is -0.335 e. The van der Waals surface area contributed by atoms with Gasteiger partial charge in [0, 0.05) is 6.07 Å². The van der Waals surface area contributed by atoms with E-state index in [1.54, 1.807) is 26.0 Å². The molecule has 140 valence electrons. The van der Waals surface area contributed by atoms with Gasteiger partial charge in [-0.2, -0.15) is 0 Å². The van der Waals surface area contributed by atoms with E-state index in [0.29, 0.717) is 33.6 Å². The van der Waals surface area contributed by atoms with E-state index in [4.69, 9.17) is 4.52 Å². The molecule has 0 unspecified atom stereocenters. The lowest BCUT2D eigenvalue weighted by atomic mass is 10.1. The summed E-state index contributed by atoms with van der Waals surface area (Å²) in [6, 6.07) is 10.0. The number of hydrogen-bond acceptors (Lipinski definition) is 7. The van der Waals surface area contributed by atoms with E-state index in [2.05, 4.69) is 15.5 Å². The molecular formula is C19H14N4O4S. The number of nitrogens with one attached hydrogen (secondary N) is 1. The molecule has 0 radical (unpaired) electrons. The zero-order valence-corrected chi connectivity index (χ0v) is 15.7. The second kappa shape index (κ2) is 6.86. The number of pyridine rings is 1. The van der Waals surface area contributed by atoms with Crippen molar-refractivity contribution in [2.45, 2.75) is 13.8 Å². The van der Waals surface area contributed by atoms with E-state index in [9.17, 15) is 14.9 Å². The Morgan fingerprint density at radius 3 is 2.79 bits per heavy atom. The normalized spacial score (nSPS) is 10.9. The molecule has 9 heteroatoms. The highest BCUT2D eigenvalue weighted by Crippen LogP contribution is 2.31. The van der Waals surface area contributed by atoms with Gasteiger partial charge in [-0.1, -0.05) is 17.3 Å². The number of nitro groups is 1. The van der Waals surface area contributed by atoms with Gasteiger partial charge in [-0.05, 0) is 37.4 Å². The summed E-state index contributed by atoms with van der Waals surface area (Å²) in [6.45, 7) is 3.32. The molecule has 0 saturated carbocycles. The molecule has 0 aliphatic heterocycles. The van der Waals surface area contributed by atoms with Gasteiger partial charge in [-0.3, -0.25) is 14.9 Å². The van der Waals surface area contributed by atoms with Crippen LogP contribution in [0.4, 0.5) is 11.4 Å². The minimum atomic E-state index is -0.478. The van der Waals surface area contributed by atoms with Gasteiger partial charge >= 0.3 is 0 Å². The van der Waals surface area contributed by atoms with Crippen LogP contribution in [0.2, 0.25) is 0 Å². The van der Waals surface area contributed by atoms with Crippen LogP contribution in [-0.2, 0) is 0 Å². The van der Waals surface area contributed by atoms with Crippen molar-refractivity contribution in [1.29, 1.82) is 0 Å². The number of carbonyl (C=O) groups is 1. The summed E-state index contributed by atoms with van der Waals surface area (Å²) in [6.07, 6.45) is 0. The Morgan fingerprint density at radius 1 is 1.25 bits per heavy atom. The number of carbonyl (C=O) groups excluding carboxylic acids is 1. The first-order valence-corrected chi connectivity index (χ1v) is 9.20. The molecule has 8 nitrogen and oxygen atoms in total. The summed E-state index contributed by atoms with van der Waals surface area (Å²) < 4.78 is 5.28. The second-order valence-electron chi connectivity index (χ2n) is 6.14. The molecule has 1 amide bonds. The van der Waals surface area contributed by atoms with Crippen molar-refractivity contribution in [1.82, 2.24) is 10.1 Å². The van der Waals surface area contributed by atoms with Crippen molar-refractivity contribution in [3.05, 3.63) is 68.7 Å². The summed E-state index contributed by atoms with van der Waals surface area (Å²) in [5.41, 5.74) is 2.45. The number of aryl methyl sites for hydroxylation is 1. The van der Waals surface area contributed by atoms with Gasteiger partial charge in [-0.25, -0.2) is 4.98 Å². The molecule has 0 bridgehead atoms. The number of nitrogens with zero attached hydrogens (tertiary/aromatic N) is 3. The van der Waals surface area contributed by atoms with E-state index >= 15 is 0 Å². The number of hydrogen-bond donors (Lipinski definition) is 1. The smallest absolute Gasteiger partial charge is 0.274 e. The number of amides is 1. The number of anilines is 1. The Labute approximate surface area is 163 Å². The predicted octanol–water partition coefficient (Wildman–Crippen LogP) is 4.73. The largest absolute Gasteiger partial charge is 0.335 e. The first-order chi connectivity index (χ1) is 13.5. The summed E-state index contributed by atoms with van der Waals surface area (Å²) in [5.74, 6) is -0.417. The molecule has 0 aliphatic carbocycles. The Hall–Kier alpha value is -3.59. The van der Waals surface area contributed by atoms with Crippen LogP contribution in [0.3, 0.4) is 0 Å². The Balaban J connectivity index is 1.80. The lowest BCUT2D eigenvalue weighted by molar-refractivity contribution is -0.385. The first kappa shape index (κ1) is 17.8. The standard InChI is InChI=1S/C19H14N4O4S/c1-10-13(5-3-6-15(10)23(25)26)20-18(24)12-9-14(16-7-4-8-28-16)21-19-17(12)11(2)22-27-19/h3-9H,1-2H3,(H,20,24). The van der Waals surface area contributed by atoms with Crippen LogP contribution in [0.5, 0.6) is 0 Å². The van der Waals surface area contributed by atoms with Crippen molar-refractivity contribution in [2.24, 2.45) is 0 Å². The molecule has 3 heterocycles. The van der Waals surface area contributed by atoms with Gasteiger partial charge in [0.25, 0.3) is 17.3 Å². The SMILES string of the molecule is Cc1c(NC(=O)c2cc(-c3cccs3)nc3onc(C)c23)cccc1[N+](=O)[O-]. The fourth-order valence-corrected chi connectivity index (χ4v) is 3.66. The van der Waals surface area contributed by atoms with Crippen LogP contribution in [0, 0.1) is 24.0 Å². The molecule has 0 aliphatic rings. The molecule has 4 aromatic rings. The number of rotatable bonds is 4. The molecule has 4 rings (SSSR count). The molecule has 0 spiro atoms. The molecule has 0 fully saturated rings. The molecule has 0 saturated heterocycles. The van der Waals surface area contributed by atoms with Crippen LogP contribution in [0.1, 0.15) is 21.6 Å². The third-order valence-electron chi connectivity index (χ3n) is 4.39. The Kier molecular flexibility index (Phi) is 4.36. The molecule has 1 N–H and O–H groups in total. The maximum absolute atomic E-state index is 13.1. The fraction of sp³-hybridized carbons (Fsp3) is 0.105. The highest BCUT2D eigenvalue weighted by Gasteiger charge is 2.21. The van der Waals surface area contributed by atoms with Crippen molar-refractivity contribution < 1.29 is 14.2 Å². The van der Waals surface area contributed by atoms with Crippen LogP contribution in [0.15, 0.2) is 46.3 Å². The van der Waals surface area contributed by atoms with E-state index in [1.165, 1.54) is 23.5 Å². The van der Waals surface area contributed by atoms with E-state index < -0.39 is 10.8 Å². The van der Waals surface area contributed by atoms with Gasteiger partial charge in [0.1, 0.15) is 0 Å². The summed E-state index contributed by atoms with van der Waals surface area (Å²) in [4.78, 5) is 29.1. The summed E-state index contributed by atoms with van der Waals surface area (Å²) >= 11 is 1.49. The van der Waals surface area contributed by atoms with Gasteiger partial charge < -0.3 is 9.84 Å². The van der Waals surface area contributed by atoms with Crippen molar-refractivity contribution in [3.8, 4) is 10.6 Å². The summed E-state index contributed by atoms with van der Waals surface area (Å²) in [7, 11) is 0. The van der Waals surface area contributed by atoms with Crippen molar-refractivity contribution >= 4 is 39.7 Å². The van der Waals surface area contributed by atoms with Crippen LogP contribution in [0.25, 0.3) is 21.7 Å². The number of thiophene rings is 1. The third kappa shape index (κ3) is 3.01. The maximum atomic E-state index is 13.1. The number of nitro benzene ring substituents is 1. The van der Waals surface area contributed by atoms with Crippen LogP contribution < -0.4 is 5.32 Å². The lowest BCUT2D eigenvalue weighted by Gasteiger charge is -2.10. The lowest BCUT2D eigenvalue weighted by Crippen LogP contribution is -2.14. The van der Waals surface area contributed by atoms with Crippen LogP contribution in [-0.4, -0.2) is 21.0 Å². The van der Waals surface area contributed by atoms with E-state index in [0.717, 1.165) is 4.88 Å². The monoisotopic (exact) mass is 394 g/mol. The molecule has 28 heavy (non-hydrogen) atoms. The average molecular weight is 394 g/mol. The highest BCUT2D eigenvalue weighted by atomic mass is 32.1. The number of aromatic nitrogens is 2. The highest BCUT2D eigenvalue weighted by molar-refractivity contribution is 7.13. The fourth-order valence-electron chi connectivity index (χ4n) is 2.97. The van der Waals surface area contributed by atoms with Gasteiger partial charge in [0.15, 0.2) is 0 Å². The van der Waals surface area contributed by atoms with Gasteiger partial charge in [-0.15, -0.1) is 11.3 Å². The van der Waals surface area contributed by atoms with Gasteiger partial charge in [0.2, 0.25) is 0 Å². The second-order valence-corrected chi connectivity index (χ2v) is 7.09. The zero-order chi connectivity index (χ0) is 19.8. The average Bonchev–Trinajstić information content (AvgIpc) is 3.33.